The molecule has 0 aliphatic rings. The number of hydrogen-bond donors (Lipinski definition) is 1. The molecule has 2 N–H and O–H groups in total. The molecule has 0 saturated carbocycles. The van der Waals surface area contributed by atoms with E-state index in [0.717, 1.165) is 11.0 Å². The first kappa shape index (κ1) is 15.1. The Morgan fingerprint density at radius 1 is 1.33 bits per heavy atom. The van der Waals surface area contributed by atoms with E-state index in [-0.39, 0.29) is 15.8 Å². The third kappa shape index (κ3) is 3.76. The summed E-state index contributed by atoms with van der Waals surface area (Å²) in [6.07, 6.45) is -4.35. The first-order valence-corrected chi connectivity index (χ1v) is 5.99. The lowest BCUT2D eigenvalue weighted by Crippen LogP contribution is -2.39. The highest BCUT2D eigenvalue weighted by molar-refractivity contribution is 9.10. The molecule has 18 heavy (non-hydrogen) atoms. The van der Waals surface area contributed by atoms with Crippen LogP contribution in [0.25, 0.3) is 0 Å². The average molecular weight is 329 g/mol. The summed E-state index contributed by atoms with van der Waals surface area (Å²) < 4.78 is 50.8. The maximum atomic E-state index is 13.2. The van der Waals surface area contributed by atoms with Gasteiger partial charge in [-0.25, -0.2) is 4.39 Å². The van der Waals surface area contributed by atoms with E-state index in [1.165, 1.54) is 6.07 Å². The molecular formula is C11H13BrF4N2. The fourth-order valence-corrected chi connectivity index (χ4v) is 1.87. The van der Waals surface area contributed by atoms with Crippen molar-refractivity contribution in [1.29, 1.82) is 0 Å². The molecule has 0 heterocycles. The van der Waals surface area contributed by atoms with Crippen molar-refractivity contribution < 1.29 is 17.6 Å². The summed E-state index contributed by atoms with van der Waals surface area (Å²) in [6, 6.07) is 1.85. The Morgan fingerprint density at radius 3 is 2.33 bits per heavy atom. The van der Waals surface area contributed by atoms with Gasteiger partial charge in [0.15, 0.2) is 0 Å². The van der Waals surface area contributed by atoms with Gasteiger partial charge in [-0.15, -0.1) is 0 Å². The molecule has 7 heteroatoms. The number of anilines is 2. The maximum Gasteiger partial charge on any atom is 0.405 e. The van der Waals surface area contributed by atoms with Crippen LogP contribution in [0.3, 0.4) is 0 Å². The highest BCUT2D eigenvalue weighted by Crippen LogP contribution is 2.32. The number of rotatable bonds is 3. The molecule has 0 amide bonds. The van der Waals surface area contributed by atoms with Crippen molar-refractivity contribution in [3.63, 3.8) is 0 Å². The lowest BCUT2D eigenvalue weighted by molar-refractivity contribution is -0.120. The molecule has 0 aromatic heterocycles. The van der Waals surface area contributed by atoms with E-state index < -0.39 is 24.6 Å². The highest BCUT2D eigenvalue weighted by atomic mass is 79.9. The van der Waals surface area contributed by atoms with Crippen LogP contribution in [0, 0.1) is 5.82 Å². The molecule has 0 aliphatic carbocycles. The molecule has 2 nitrogen and oxygen atoms in total. The summed E-state index contributed by atoms with van der Waals surface area (Å²) >= 11 is 2.94. The Kier molecular flexibility index (Phi) is 4.47. The van der Waals surface area contributed by atoms with Crippen LogP contribution in [-0.4, -0.2) is 18.8 Å². The summed E-state index contributed by atoms with van der Waals surface area (Å²) in [7, 11) is 0. The van der Waals surface area contributed by atoms with Crippen LogP contribution >= 0.6 is 15.9 Å². The predicted octanol–water partition coefficient (Wildman–Crippen LogP) is 3.95. The van der Waals surface area contributed by atoms with Crippen LogP contribution in [0.5, 0.6) is 0 Å². The number of nitrogens with zero attached hydrogens (tertiary/aromatic N) is 1. The number of hydrogen-bond acceptors (Lipinski definition) is 2. The lowest BCUT2D eigenvalue weighted by atomic mass is 10.2. The molecule has 0 spiro atoms. The van der Waals surface area contributed by atoms with Gasteiger partial charge in [-0.2, -0.15) is 13.2 Å². The van der Waals surface area contributed by atoms with Crippen molar-refractivity contribution >= 4 is 27.3 Å². The number of nitrogen functional groups attached to an aromatic ring is 1. The molecule has 0 aliphatic heterocycles. The zero-order valence-corrected chi connectivity index (χ0v) is 11.4. The Morgan fingerprint density at radius 2 is 1.89 bits per heavy atom. The molecule has 0 bridgehead atoms. The molecule has 1 rings (SSSR count). The van der Waals surface area contributed by atoms with Gasteiger partial charge in [-0.05, 0) is 35.8 Å². The number of alkyl halides is 3. The van der Waals surface area contributed by atoms with E-state index >= 15 is 0 Å². The van der Waals surface area contributed by atoms with Gasteiger partial charge in [0.05, 0.1) is 15.8 Å². The van der Waals surface area contributed by atoms with Gasteiger partial charge in [-0.3, -0.25) is 0 Å². The summed E-state index contributed by atoms with van der Waals surface area (Å²) in [5.41, 5.74) is 5.72. The first-order valence-electron chi connectivity index (χ1n) is 5.19. The lowest BCUT2D eigenvalue weighted by Gasteiger charge is -2.31. The molecule has 1 aromatic carbocycles. The van der Waals surface area contributed by atoms with Crippen molar-refractivity contribution in [3.8, 4) is 0 Å². The van der Waals surface area contributed by atoms with Crippen LogP contribution in [0.4, 0.5) is 28.9 Å². The first-order chi connectivity index (χ1) is 8.11. The Balaban J connectivity index is 3.18. The summed E-state index contributed by atoms with van der Waals surface area (Å²) in [4.78, 5) is 1.08. The van der Waals surface area contributed by atoms with Crippen LogP contribution < -0.4 is 10.6 Å². The van der Waals surface area contributed by atoms with Gasteiger partial charge >= 0.3 is 6.18 Å². The molecule has 0 atom stereocenters. The SMILES string of the molecule is CC(C)N(CC(F)(F)F)c1cc(Br)c(F)cc1N. The molecule has 102 valence electrons. The third-order valence-electron chi connectivity index (χ3n) is 2.35. The Labute approximate surface area is 111 Å². The van der Waals surface area contributed by atoms with Crippen molar-refractivity contribution in [2.24, 2.45) is 0 Å². The molecule has 0 radical (unpaired) electrons. The van der Waals surface area contributed by atoms with Gasteiger partial charge in [0.25, 0.3) is 0 Å². The Bertz CT molecular complexity index is 432. The van der Waals surface area contributed by atoms with Crippen LogP contribution in [0.15, 0.2) is 16.6 Å². The monoisotopic (exact) mass is 328 g/mol. The fourth-order valence-electron chi connectivity index (χ4n) is 1.54. The van der Waals surface area contributed by atoms with Crippen molar-refractivity contribution in [2.45, 2.75) is 26.1 Å². The second-order valence-electron chi connectivity index (χ2n) is 4.16. The van der Waals surface area contributed by atoms with E-state index in [1.807, 2.05) is 0 Å². The van der Waals surface area contributed by atoms with E-state index in [1.54, 1.807) is 13.8 Å². The van der Waals surface area contributed by atoms with Crippen molar-refractivity contribution in [3.05, 3.63) is 22.4 Å². The van der Waals surface area contributed by atoms with E-state index in [9.17, 15) is 17.6 Å². The van der Waals surface area contributed by atoms with Crippen LogP contribution in [0.1, 0.15) is 13.8 Å². The minimum atomic E-state index is -4.35. The zero-order chi connectivity index (χ0) is 14.1. The molecule has 1 aromatic rings. The molecule has 0 unspecified atom stereocenters. The van der Waals surface area contributed by atoms with Gasteiger partial charge < -0.3 is 10.6 Å². The molecule has 0 fully saturated rings. The van der Waals surface area contributed by atoms with E-state index in [0.29, 0.717) is 0 Å². The normalized spacial score (nSPS) is 12.0. The van der Waals surface area contributed by atoms with E-state index in [2.05, 4.69) is 15.9 Å². The van der Waals surface area contributed by atoms with Crippen molar-refractivity contribution in [2.75, 3.05) is 17.2 Å². The van der Waals surface area contributed by atoms with E-state index in [4.69, 9.17) is 5.73 Å². The third-order valence-corrected chi connectivity index (χ3v) is 2.96. The van der Waals surface area contributed by atoms with Gasteiger partial charge in [0, 0.05) is 12.1 Å². The smallest absolute Gasteiger partial charge is 0.397 e. The van der Waals surface area contributed by atoms with Crippen LogP contribution in [-0.2, 0) is 0 Å². The minimum Gasteiger partial charge on any atom is -0.397 e. The van der Waals surface area contributed by atoms with Crippen LogP contribution in [0.2, 0.25) is 0 Å². The second-order valence-corrected chi connectivity index (χ2v) is 5.02. The topological polar surface area (TPSA) is 29.3 Å². The summed E-state index contributed by atoms with van der Waals surface area (Å²) in [5, 5.41) is 0. The number of nitrogens with two attached hydrogens (primary N) is 1. The van der Waals surface area contributed by atoms with Gasteiger partial charge in [0.1, 0.15) is 12.4 Å². The zero-order valence-electron chi connectivity index (χ0n) is 9.85. The largest absolute Gasteiger partial charge is 0.405 e. The number of halogens is 5. The fraction of sp³-hybridized carbons (Fsp3) is 0.455. The summed E-state index contributed by atoms with van der Waals surface area (Å²) in [6.45, 7) is 2.10. The van der Waals surface area contributed by atoms with Crippen molar-refractivity contribution in [1.82, 2.24) is 0 Å². The minimum absolute atomic E-state index is 0.0198. The average Bonchev–Trinajstić information content (AvgIpc) is 2.19. The second kappa shape index (κ2) is 5.34. The highest BCUT2D eigenvalue weighted by Gasteiger charge is 2.32. The molecule has 0 saturated heterocycles. The van der Waals surface area contributed by atoms with Gasteiger partial charge in [0.2, 0.25) is 0 Å². The Hall–Kier alpha value is -0.980. The van der Waals surface area contributed by atoms with Gasteiger partial charge in [-0.1, -0.05) is 0 Å². The standard InChI is InChI=1S/C11H13BrF4N2/c1-6(2)18(5-11(14,15)16)10-3-7(12)8(13)4-9(10)17/h3-4,6H,5,17H2,1-2H3. The molecular weight excluding hydrogens is 316 g/mol. The predicted molar refractivity (Wildman–Crippen MR) is 67.0 cm³/mol. The number of benzene rings is 1. The summed E-state index contributed by atoms with van der Waals surface area (Å²) in [5.74, 6) is -0.605. The quantitative estimate of drug-likeness (QED) is 0.672. The maximum absolute atomic E-state index is 13.2.